The van der Waals surface area contributed by atoms with Crippen LogP contribution in [-0.4, -0.2) is 54.1 Å². The van der Waals surface area contributed by atoms with Crippen LogP contribution >= 0.6 is 0 Å². The van der Waals surface area contributed by atoms with Gasteiger partial charge < -0.3 is 26.8 Å². The molecule has 2 atom stereocenters. The highest BCUT2D eigenvalue weighted by Crippen LogP contribution is 2.27. The van der Waals surface area contributed by atoms with Gasteiger partial charge >= 0.3 is 5.97 Å². The maximum Gasteiger partial charge on any atom is 0.303 e. The fourth-order valence-corrected chi connectivity index (χ4v) is 2.90. The number of carbonyl (C=O) groups is 3. The van der Waals surface area contributed by atoms with Crippen molar-refractivity contribution in [3.63, 3.8) is 0 Å². The molecule has 0 heterocycles. The van der Waals surface area contributed by atoms with Crippen LogP contribution in [0.2, 0.25) is 0 Å². The highest BCUT2D eigenvalue weighted by atomic mass is 16.4. The molecule has 0 saturated heterocycles. The summed E-state index contributed by atoms with van der Waals surface area (Å²) < 4.78 is 0. The van der Waals surface area contributed by atoms with Gasteiger partial charge in [0.2, 0.25) is 11.8 Å². The SMILES string of the molecule is C.CC(C)(C)C[C@@H](CCC(=O)O)C(=O)NCCCNC(=O)[C@H](CN)NC(C)(C)C. The molecule has 6 N–H and O–H groups in total. The highest BCUT2D eigenvalue weighted by Gasteiger charge is 2.25. The Bertz CT molecular complexity index is 510. The van der Waals surface area contributed by atoms with Crippen molar-refractivity contribution in [1.29, 1.82) is 0 Å². The number of amides is 2. The summed E-state index contributed by atoms with van der Waals surface area (Å²) >= 11 is 0. The topological polar surface area (TPSA) is 134 Å². The second kappa shape index (κ2) is 13.5. The molecule has 2 amide bonds. The van der Waals surface area contributed by atoms with Crippen LogP contribution < -0.4 is 21.7 Å². The van der Waals surface area contributed by atoms with E-state index in [1.54, 1.807) is 0 Å². The third kappa shape index (κ3) is 15.9. The second-order valence-corrected chi connectivity index (χ2v) is 9.51. The molecule has 0 aliphatic carbocycles. The molecule has 29 heavy (non-hydrogen) atoms. The van der Waals surface area contributed by atoms with Crippen molar-refractivity contribution < 1.29 is 19.5 Å². The van der Waals surface area contributed by atoms with E-state index in [0.29, 0.717) is 32.4 Å². The quantitative estimate of drug-likeness (QED) is 0.308. The fraction of sp³-hybridized carbons (Fsp3) is 0.857. The molecule has 0 bridgehead atoms. The number of aliphatic carboxylic acids is 1. The van der Waals surface area contributed by atoms with Crippen molar-refractivity contribution in [3.05, 3.63) is 0 Å². The Kier molecular flexibility index (Phi) is 13.8. The molecule has 0 unspecified atom stereocenters. The average molecular weight is 417 g/mol. The van der Waals surface area contributed by atoms with E-state index < -0.39 is 12.0 Å². The summed E-state index contributed by atoms with van der Waals surface area (Å²) in [6.07, 6.45) is 1.52. The first-order valence-electron chi connectivity index (χ1n) is 10.00. The number of rotatable bonds is 12. The molecular formula is C21H44N4O4. The monoisotopic (exact) mass is 416 g/mol. The standard InChI is InChI=1S/C20H40N4O4.CH4/c1-19(2,3)12-14(8-9-16(25)26)17(27)22-10-7-11-23-18(28)15(13-21)24-20(4,5)6;/h14-15,24H,7-13,21H2,1-6H3,(H,22,27)(H,23,28)(H,25,26);1H4/t14-,15+;/m1./s1. The minimum atomic E-state index is -0.896. The number of nitrogens with two attached hydrogens (primary N) is 1. The van der Waals surface area contributed by atoms with Crippen LogP contribution in [0.25, 0.3) is 0 Å². The summed E-state index contributed by atoms with van der Waals surface area (Å²) in [6.45, 7) is 13.1. The lowest BCUT2D eigenvalue weighted by Gasteiger charge is -2.27. The van der Waals surface area contributed by atoms with E-state index in [0.717, 1.165) is 0 Å². The van der Waals surface area contributed by atoms with Crippen LogP contribution in [0.15, 0.2) is 0 Å². The number of hydrogen-bond acceptors (Lipinski definition) is 5. The normalized spacial score (nSPS) is 13.8. The van der Waals surface area contributed by atoms with E-state index in [4.69, 9.17) is 10.8 Å². The Morgan fingerprint density at radius 3 is 1.90 bits per heavy atom. The molecule has 0 aliphatic rings. The minimum absolute atomic E-state index is 0. The Labute approximate surface area is 176 Å². The van der Waals surface area contributed by atoms with Gasteiger partial charge in [0, 0.05) is 37.5 Å². The zero-order valence-corrected chi connectivity index (χ0v) is 18.4. The molecular weight excluding hydrogens is 372 g/mol. The van der Waals surface area contributed by atoms with Crippen molar-refractivity contribution in [2.75, 3.05) is 19.6 Å². The van der Waals surface area contributed by atoms with E-state index >= 15 is 0 Å². The predicted molar refractivity (Wildman–Crippen MR) is 118 cm³/mol. The number of nitrogens with one attached hydrogen (secondary N) is 3. The largest absolute Gasteiger partial charge is 0.481 e. The predicted octanol–water partition coefficient (Wildman–Crippen LogP) is 1.88. The molecule has 0 radical (unpaired) electrons. The second-order valence-electron chi connectivity index (χ2n) is 9.51. The van der Waals surface area contributed by atoms with Gasteiger partial charge in [-0.1, -0.05) is 28.2 Å². The summed E-state index contributed by atoms with van der Waals surface area (Å²) in [5.74, 6) is -1.51. The van der Waals surface area contributed by atoms with E-state index in [9.17, 15) is 14.4 Å². The van der Waals surface area contributed by atoms with Crippen LogP contribution in [0.5, 0.6) is 0 Å². The van der Waals surface area contributed by atoms with E-state index in [2.05, 4.69) is 16.0 Å². The third-order valence-corrected chi connectivity index (χ3v) is 4.05. The van der Waals surface area contributed by atoms with Gasteiger partial charge in [0.15, 0.2) is 0 Å². The number of carbonyl (C=O) groups excluding carboxylic acids is 2. The van der Waals surface area contributed by atoms with Gasteiger partial charge in [0.25, 0.3) is 0 Å². The van der Waals surface area contributed by atoms with Gasteiger partial charge in [-0.15, -0.1) is 0 Å². The Morgan fingerprint density at radius 1 is 0.966 bits per heavy atom. The molecule has 0 fully saturated rings. The van der Waals surface area contributed by atoms with Gasteiger partial charge in [0.05, 0.1) is 6.04 Å². The van der Waals surface area contributed by atoms with Crippen LogP contribution in [0, 0.1) is 11.3 Å². The van der Waals surface area contributed by atoms with Crippen LogP contribution in [0.3, 0.4) is 0 Å². The van der Waals surface area contributed by atoms with E-state index in [-0.39, 0.29) is 49.1 Å². The summed E-state index contributed by atoms with van der Waals surface area (Å²) in [5.41, 5.74) is 5.38. The summed E-state index contributed by atoms with van der Waals surface area (Å²) in [5, 5.41) is 17.7. The van der Waals surface area contributed by atoms with E-state index in [1.807, 2.05) is 41.5 Å². The number of hydrogen-bond donors (Lipinski definition) is 5. The Hall–Kier alpha value is -1.67. The molecule has 0 saturated carbocycles. The molecule has 0 aromatic carbocycles. The number of carboxylic acid groups (broad SMARTS) is 1. The molecule has 8 nitrogen and oxygen atoms in total. The van der Waals surface area contributed by atoms with E-state index in [1.165, 1.54) is 0 Å². The van der Waals surface area contributed by atoms with Crippen molar-refractivity contribution >= 4 is 17.8 Å². The Balaban J connectivity index is 0. The van der Waals surface area contributed by atoms with Crippen molar-refractivity contribution in [3.8, 4) is 0 Å². The lowest BCUT2D eigenvalue weighted by Crippen LogP contribution is -2.55. The first kappa shape index (κ1) is 29.5. The van der Waals surface area contributed by atoms with Crippen molar-refractivity contribution in [2.24, 2.45) is 17.1 Å². The summed E-state index contributed by atoms with van der Waals surface area (Å²) in [4.78, 5) is 35.4. The van der Waals surface area contributed by atoms with Crippen LogP contribution in [-0.2, 0) is 14.4 Å². The molecule has 0 aliphatic heterocycles. The molecule has 172 valence electrons. The van der Waals surface area contributed by atoms with Gasteiger partial charge in [-0.3, -0.25) is 14.4 Å². The highest BCUT2D eigenvalue weighted by molar-refractivity contribution is 5.82. The van der Waals surface area contributed by atoms with Gasteiger partial charge in [-0.05, 0) is 45.4 Å². The molecule has 0 spiro atoms. The van der Waals surface area contributed by atoms with Gasteiger partial charge in [-0.2, -0.15) is 0 Å². The number of carboxylic acids is 1. The fourth-order valence-electron chi connectivity index (χ4n) is 2.90. The van der Waals surface area contributed by atoms with Crippen LogP contribution in [0.4, 0.5) is 0 Å². The zero-order chi connectivity index (χ0) is 22.0. The lowest BCUT2D eigenvalue weighted by atomic mass is 9.82. The van der Waals surface area contributed by atoms with Gasteiger partial charge in [0.1, 0.15) is 0 Å². The summed E-state index contributed by atoms with van der Waals surface area (Å²) in [6, 6.07) is -0.457. The molecule has 8 heteroatoms. The molecule has 0 aromatic rings. The van der Waals surface area contributed by atoms with Crippen molar-refractivity contribution in [1.82, 2.24) is 16.0 Å². The molecule has 0 rings (SSSR count). The van der Waals surface area contributed by atoms with Gasteiger partial charge in [-0.25, -0.2) is 0 Å². The average Bonchev–Trinajstić information content (AvgIpc) is 2.53. The minimum Gasteiger partial charge on any atom is -0.481 e. The Morgan fingerprint density at radius 2 is 1.48 bits per heavy atom. The maximum absolute atomic E-state index is 12.4. The third-order valence-electron chi connectivity index (χ3n) is 4.05. The van der Waals surface area contributed by atoms with Crippen LogP contribution in [0.1, 0.15) is 74.7 Å². The van der Waals surface area contributed by atoms with Crippen molar-refractivity contribution in [2.45, 2.75) is 86.2 Å². The first-order valence-corrected chi connectivity index (χ1v) is 10.00. The smallest absolute Gasteiger partial charge is 0.303 e. The molecule has 0 aromatic heterocycles. The zero-order valence-electron chi connectivity index (χ0n) is 18.4. The lowest BCUT2D eigenvalue weighted by molar-refractivity contribution is -0.137. The summed E-state index contributed by atoms with van der Waals surface area (Å²) in [7, 11) is 0. The maximum atomic E-state index is 12.4. The first-order chi connectivity index (χ1) is 12.7.